The standard InChI is InChI=1S/C15H24N4O3/c1-11(2)6-15(21)18-8-12-4-5-17-19(12)13(9-18)7-16-14(20)10-22-3/h4-5,11,13H,6-10H2,1-3H3,(H,16,20)/t13-/m1/s1. The monoisotopic (exact) mass is 308 g/mol. The Kier molecular flexibility index (Phi) is 5.54. The van der Waals surface area contributed by atoms with Crippen molar-refractivity contribution in [3.8, 4) is 0 Å². The molecule has 0 aliphatic carbocycles. The van der Waals surface area contributed by atoms with Gasteiger partial charge in [-0.25, -0.2) is 0 Å². The first kappa shape index (κ1) is 16.5. The molecular formula is C15H24N4O3. The molecule has 1 aliphatic rings. The molecule has 0 aromatic carbocycles. The zero-order valence-electron chi connectivity index (χ0n) is 13.4. The van der Waals surface area contributed by atoms with E-state index in [2.05, 4.69) is 10.4 Å². The lowest BCUT2D eigenvalue weighted by Gasteiger charge is -2.34. The van der Waals surface area contributed by atoms with Gasteiger partial charge in [0.1, 0.15) is 6.61 Å². The van der Waals surface area contributed by atoms with Crippen LogP contribution in [0.5, 0.6) is 0 Å². The van der Waals surface area contributed by atoms with Gasteiger partial charge >= 0.3 is 0 Å². The minimum absolute atomic E-state index is 0.0364. The second kappa shape index (κ2) is 7.40. The smallest absolute Gasteiger partial charge is 0.246 e. The van der Waals surface area contributed by atoms with Crippen LogP contribution in [0.2, 0.25) is 0 Å². The van der Waals surface area contributed by atoms with Gasteiger partial charge in [-0.05, 0) is 12.0 Å². The van der Waals surface area contributed by atoms with Crippen molar-refractivity contribution in [2.45, 2.75) is 32.9 Å². The fraction of sp³-hybridized carbons (Fsp3) is 0.667. The third-order valence-corrected chi connectivity index (χ3v) is 3.63. The lowest BCUT2D eigenvalue weighted by atomic mass is 10.1. The number of carbonyl (C=O) groups is 2. The average Bonchev–Trinajstić information content (AvgIpc) is 2.92. The number of hydrogen-bond acceptors (Lipinski definition) is 4. The quantitative estimate of drug-likeness (QED) is 0.834. The fourth-order valence-corrected chi connectivity index (χ4v) is 2.62. The molecule has 0 bridgehead atoms. The van der Waals surface area contributed by atoms with E-state index in [1.165, 1.54) is 7.11 Å². The molecule has 1 N–H and O–H groups in total. The predicted octanol–water partition coefficient (Wildman–Crippen LogP) is 0.575. The summed E-state index contributed by atoms with van der Waals surface area (Å²) in [4.78, 5) is 25.7. The van der Waals surface area contributed by atoms with Crippen LogP contribution in [0.4, 0.5) is 0 Å². The van der Waals surface area contributed by atoms with Gasteiger partial charge in [-0.3, -0.25) is 14.3 Å². The molecule has 122 valence electrons. The zero-order valence-corrected chi connectivity index (χ0v) is 13.4. The highest BCUT2D eigenvalue weighted by atomic mass is 16.5. The number of nitrogens with zero attached hydrogens (tertiary/aromatic N) is 3. The number of fused-ring (bicyclic) bond motifs is 1. The van der Waals surface area contributed by atoms with Crippen molar-refractivity contribution in [3.05, 3.63) is 18.0 Å². The molecule has 7 heteroatoms. The molecule has 0 saturated heterocycles. The van der Waals surface area contributed by atoms with Crippen LogP contribution in [-0.4, -0.2) is 53.3 Å². The van der Waals surface area contributed by atoms with Crippen LogP contribution < -0.4 is 5.32 Å². The second-order valence-corrected chi connectivity index (χ2v) is 6.03. The molecule has 0 unspecified atom stereocenters. The van der Waals surface area contributed by atoms with Crippen molar-refractivity contribution in [2.75, 3.05) is 26.8 Å². The third-order valence-electron chi connectivity index (χ3n) is 3.63. The molecule has 7 nitrogen and oxygen atoms in total. The number of hydrogen-bond donors (Lipinski definition) is 1. The summed E-state index contributed by atoms with van der Waals surface area (Å²) in [6, 6.07) is 1.87. The molecular weight excluding hydrogens is 284 g/mol. The van der Waals surface area contributed by atoms with E-state index in [-0.39, 0.29) is 24.5 Å². The Balaban J connectivity index is 2.03. The van der Waals surface area contributed by atoms with Crippen molar-refractivity contribution in [2.24, 2.45) is 5.92 Å². The average molecular weight is 308 g/mol. The van der Waals surface area contributed by atoms with E-state index in [1.807, 2.05) is 29.5 Å². The minimum Gasteiger partial charge on any atom is -0.375 e. The van der Waals surface area contributed by atoms with Crippen LogP contribution in [0, 0.1) is 5.92 Å². The molecule has 0 saturated carbocycles. The SMILES string of the molecule is COCC(=O)NC[C@@H]1CN(C(=O)CC(C)C)Cc2ccnn21. The number of amides is 2. The van der Waals surface area contributed by atoms with Crippen LogP contribution in [0.15, 0.2) is 12.3 Å². The molecule has 22 heavy (non-hydrogen) atoms. The Bertz CT molecular complexity index is 527. The Morgan fingerprint density at radius 1 is 1.50 bits per heavy atom. The first-order valence-corrected chi connectivity index (χ1v) is 7.57. The number of methoxy groups -OCH3 is 1. The van der Waals surface area contributed by atoms with E-state index in [0.717, 1.165) is 5.69 Å². The molecule has 0 spiro atoms. The summed E-state index contributed by atoms with van der Waals surface area (Å²) < 4.78 is 6.70. The molecule has 0 fully saturated rings. The fourth-order valence-electron chi connectivity index (χ4n) is 2.62. The van der Waals surface area contributed by atoms with E-state index in [1.54, 1.807) is 6.20 Å². The maximum Gasteiger partial charge on any atom is 0.246 e. The molecule has 2 amide bonds. The van der Waals surface area contributed by atoms with Gasteiger partial charge in [-0.2, -0.15) is 5.10 Å². The second-order valence-electron chi connectivity index (χ2n) is 6.03. The number of nitrogens with one attached hydrogen (secondary N) is 1. The molecule has 0 radical (unpaired) electrons. The maximum absolute atomic E-state index is 12.3. The zero-order chi connectivity index (χ0) is 16.1. The van der Waals surface area contributed by atoms with E-state index < -0.39 is 0 Å². The van der Waals surface area contributed by atoms with Crippen LogP contribution in [-0.2, 0) is 20.9 Å². The van der Waals surface area contributed by atoms with Gasteiger partial charge in [0.15, 0.2) is 0 Å². The summed E-state index contributed by atoms with van der Waals surface area (Å²) in [5.41, 5.74) is 0.995. The summed E-state index contributed by atoms with van der Waals surface area (Å²) in [7, 11) is 1.48. The molecule has 1 aliphatic heterocycles. The van der Waals surface area contributed by atoms with Crippen molar-refractivity contribution in [1.82, 2.24) is 20.0 Å². The van der Waals surface area contributed by atoms with E-state index >= 15 is 0 Å². The van der Waals surface area contributed by atoms with Crippen molar-refractivity contribution in [3.63, 3.8) is 0 Å². The molecule has 1 aromatic rings. The molecule has 2 rings (SSSR count). The minimum atomic E-state index is -0.165. The molecule has 2 heterocycles. The van der Waals surface area contributed by atoms with E-state index in [0.29, 0.717) is 32.0 Å². The van der Waals surface area contributed by atoms with Gasteiger partial charge in [0.25, 0.3) is 0 Å². The predicted molar refractivity (Wildman–Crippen MR) is 81.0 cm³/mol. The van der Waals surface area contributed by atoms with Gasteiger partial charge < -0.3 is 15.0 Å². The highest BCUT2D eigenvalue weighted by Gasteiger charge is 2.28. The van der Waals surface area contributed by atoms with Crippen LogP contribution in [0.25, 0.3) is 0 Å². The van der Waals surface area contributed by atoms with Gasteiger partial charge in [0, 0.05) is 32.8 Å². The Morgan fingerprint density at radius 3 is 2.95 bits per heavy atom. The van der Waals surface area contributed by atoms with Crippen LogP contribution in [0.3, 0.4) is 0 Å². The van der Waals surface area contributed by atoms with Crippen LogP contribution >= 0.6 is 0 Å². The summed E-state index contributed by atoms with van der Waals surface area (Å²) in [6.07, 6.45) is 2.27. The first-order valence-electron chi connectivity index (χ1n) is 7.57. The molecule has 1 aromatic heterocycles. The summed E-state index contributed by atoms with van der Waals surface area (Å²) in [5.74, 6) is 0.316. The van der Waals surface area contributed by atoms with E-state index in [4.69, 9.17) is 4.74 Å². The third kappa shape index (κ3) is 4.07. The normalized spacial score (nSPS) is 17.5. The van der Waals surface area contributed by atoms with Gasteiger partial charge in [0.2, 0.25) is 11.8 Å². The van der Waals surface area contributed by atoms with Gasteiger partial charge in [0.05, 0.1) is 18.3 Å². The van der Waals surface area contributed by atoms with Gasteiger partial charge in [-0.15, -0.1) is 0 Å². The Morgan fingerprint density at radius 2 is 2.27 bits per heavy atom. The van der Waals surface area contributed by atoms with Crippen molar-refractivity contribution >= 4 is 11.8 Å². The number of aromatic nitrogens is 2. The number of ether oxygens (including phenoxy) is 1. The van der Waals surface area contributed by atoms with Crippen molar-refractivity contribution in [1.29, 1.82) is 0 Å². The Hall–Kier alpha value is -1.89. The number of rotatable bonds is 6. The summed E-state index contributed by atoms with van der Waals surface area (Å²) in [5, 5.41) is 7.13. The van der Waals surface area contributed by atoms with Crippen LogP contribution in [0.1, 0.15) is 32.0 Å². The Labute approximate surface area is 130 Å². The van der Waals surface area contributed by atoms with E-state index in [9.17, 15) is 9.59 Å². The molecule has 1 atom stereocenters. The van der Waals surface area contributed by atoms with Crippen molar-refractivity contribution < 1.29 is 14.3 Å². The topological polar surface area (TPSA) is 76.5 Å². The summed E-state index contributed by atoms with van der Waals surface area (Å²) in [6.45, 7) is 5.68. The number of carbonyl (C=O) groups excluding carboxylic acids is 2. The lowest BCUT2D eigenvalue weighted by Crippen LogP contribution is -2.45. The largest absolute Gasteiger partial charge is 0.375 e. The maximum atomic E-state index is 12.3. The highest BCUT2D eigenvalue weighted by molar-refractivity contribution is 5.77. The summed E-state index contributed by atoms with van der Waals surface area (Å²) >= 11 is 0. The first-order chi connectivity index (χ1) is 10.5. The highest BCUT2D eigenvalue weighted by Crippen LogP contribution is 2.21. The van der Waals surface area contributed by atoms with Gasteiger partial charge in [-0.1, -0.05) is 13.8 Å². The lowest BCUT2D eigenvalue weighted by molar-refractivity contribution is -0.134.